The van der Waals surface area contributed by atoms with Crippen LogP contribution < -0.4 is 9.64 Å². The lowest BCUT2D eigenvalue weighted by molar-refractivity contribution is -0.118. The maximum absolute atomic E-state index is 13.2. The maximum atomic E-state index is 13.2. The Kier molecular flexibility index (Phi) is 6.65. The fourth-order valence-corrected chi connectivity index (χ4v) is 4.04. The van der Waals surface area contributed by atoms with Gasteiger partial charge in [-0.1, -0.05) is 47.2 Å². The molecule has 3 aromatic rings. The van der Waals surface area contributed by atoms with Crippen LogP contribution in [0.1, 0.15) is 18.1 Å². The van der Waals surface area contributed by atoms with Gasteiger partial charge >= 0.3 is 0 Å². The minimum atomic E-state index is 0.0597. The van der Waals surface area contributed by atoms with Crippen LogP contribution in [0.25, 0.3) is 10.2 Å². The van der Waals surface area contributed by atoms with E-state index in [1.165, 1.54) is 11.3 Å². The van der Waals surface area contributed by atoms with Gasteiger partial charge in [-0.05, 0) is 45.6 Å². The van der Waals surface area contributed by atoms with E-state index in [-0.39, 0.29) is 5.91 Å². The number of carbonyl (C=O) groups is 1. The minimum Gasteiger partial charge on any atom is -0.492 e. The van der Waals surface area contributed by atoms with Gasteiger partial charge in [0, 0.05) is 13.1 Å². The number of hydrogen-bond donors (Lipinski definition) is 0. The molecule has 0 saturated heterocycles. The molecule has 0 N–H and O–H groups in total. The average molecular weight is 398 g/mol. The molecule has 3 rings (SSSR count). The SMILES string of the molecule is CCOc1cccc2sc(N(CCN(C)C)C(=O)Cc3cccc(C)c3)nc12. The van der Waals surface area contributed by atoms with E-state index in [4.69, 9.17) is 9.72 Å². The third kappa shape index (κ3) is 4.88. The fraction of sp³-hybridized carbons (Fsp3) is 0.364. The van der Waals surface area contributed by atoms with E-state index < -0.39 is 0 Å². The number of aromatic nitrogens is 1. The molecule has 5 nitrogen and oxygen atoms in total. The number of anilines is 1. The first kappa shape index (κ1) is 20.3. The lowest BCUT2D eigenvalue weighted by Crippen LogP contribution is -2.37. The normalized spacial score (nSPS) is 11.2. The summed E-state index contributed by atoms with van der Waals surface area (Å²) < 4.78 is 6.74. The van der Waals surface area contributed by atoms with E-state index in [1.807, 2.05) is 69.2 Å². The predicted molar refractivity (Wildman–Crippen MR) is 117 cm³/mol. The molecule has 6 heteroatoms. The van der Waals surface area contributed by atoms with Gasteiger partial charge in [-0.25, -0.2) is 4.98 Å². The lowest BCUT2D eigenvalue weighted by atomic mass is 10.1. The van der Waals surface area contributed by atoms with Gasteiger partial charge in [0.2, 0.25) is 5.91 Å². The van der Waals surface area contributed by atoms with Crippen molar-refractivity contribution in [2.75, 3.05) is 38.7 Å². The van der Waals surface area contributed by atoms with Crippen LogP contribution in [0.2, 0.25) is 0 Å². The number of rotatable bonds is 8. The van der Waals surface area contributed by atoms with Crippen LogP contribution in [-0.2, 0) is 11.2 Å². The minimum absolute atomic E-state index is 0.0597. The van der Waals surface area contributed by atoms with E-state index in [9.17, 15) is 4.79 Å². The topological polar surface area (TPSA) is 45.7 Å². The third-order valence-electron chi connectivity index (χ3n) is 4.41. The van der Waals surface area contributed by atoms with E-state index in [2.05, 4.69) is 11.0 Å². The summed E-state index contributed by atoms with van der Waals surface area (Å²) in [7, 11) is 4.02. The van der Waals surface area contributed by atoms with Gasteiger partial charge in [-0.3, -0.25) is 9.69 Å². The Morgan fingerprint density at radius 1 is 1.14 bits per heavy atom. The zero-order valence-electron chi connectivity index (χ0n) is 16.9. The second-order valence-electron chi connectivity index (χ2n) is 7.05. The number of benzene rings is 2. The molecule has 1 amide bonds. The molecule has 148 valence electrons. The van der Waals surface area contributed by atoms with Crippen LogP contribution in [0.3, 0.4) is 0 Å². The number of ether oxygens (including phenoxy) is 1. The summed E-state index contributed by atoms with van der Waals surface area (Å²) in [6, 6.07) is 14.0. The highest BCUT2D eigenvalue weighted by Gasteiger charge is 2.21. The summed E-state index contributed by atoms with van der Waals surface area (Å²) >= 11 is 1.53. The number of thiazole rings is 1. The van der Waals surface area contributed by atoms with Crippen LogP contribution in [0.5, 0.6) is 5.75 Å². The number of carbonyl (C=O) groups excluding carboxylic acids is 1. The average Bonchev–Trinajstić information content (AvgIpc) is 3.06. The first-order valence-electron chi connectivity index (χ1n) is 9.51. The second kappa shape index (κ2) is 9.17. The smallest absolute Gasteiger partial charge is 0.233 e. The highest BCUT2D eigenvalue weighted by atomic mass is 32.1. The maximum Gasteiger partial charge on any atom is 0.233 e. The van der Waals surface area contributed by atoms with Gasteiger partial charge < -0.3 is 9.64 Å². The Balaban J connectivity index is 1.91. The number of para-hydroxylation sites is 1. The molecule has 0 aliphatic carbocycles. The predicted octanol–water partition coefficient (Wildman–Crippen LogP) is 4.14. The summed E-state index contributed by atoms with van der Waals surface area (Å²) in [4.78, 5) is 21.8. The van der Waals surface area contributed by atoms with Gasteiger partial charge in [0.15, 0.2) is 5.13 Å². The molecule has 28 heavy (non-hydrogen) atoms. The standard InChI is InChI=1S/C22H27N3O2S/c1-5-27-18-10-7-11-19-21(18)23-22(28-19)25(13-12-24(3)4)20(26)15-17-9-6-8-16(2)14-17/h6-11,14H,5,12-13,15H2,1-4H3. The summed E-state index contributed by atoms with van der Waals surface area (Å²) in [5.41, 5.74) is 3.00. The quantitative estimate of drug-likeness (QED) is 0.573. The number of nitrogens with zero attached hydrogens (tertiary/aromatic N) is 3. The molecule has 0 saturated carbocycles. The second-order valence-corrected chi connectivity index (χ2v) is 8.06. The van der Waals surface area contributed by atoms with Crippen LogP contribution in [-0.4, -0.2) is 49.6 Å². The van der Waals surface area contributed by atoms with Crippen molar-refractivity contribution >= 4 is 32.6 Å². The Morgan fingerprint density at radius 2 is 1.93 bits per heavy atom. The molecule has 0 bridgehead atoms. The zero-order valence-corrected chi connectivity index (χ0v) is 17.8. The van der Waals surface area contributed by atoms with Crippen molar-refractivity contribution in [1.82, 2.24) is 9.88 Å². The molecular weight excluding hydrogens is 370 g/mol. The van der Waals surface area contributed by atoms with Crippen LogP contribution in [0.15, 0.2) is 42.5 Å². The Bertz CT molecular complexity index is 952. The number of likely N-dealkylation sites (N-methyl/N-ethyl adjacent to an activating group) is 1. The Labute approximate surface area is 170 Å². The highest BCUT2D eigenvalue weighted by Crippen LogP contribution is 2.34. The van der Waals surface area contributed by atoms with E-state index in [0.29, 0.717) is 19.6 Å². The monoisotopic (exact) mass is 397 g/mol. The molecule has 0 unspecified atom stereocenters. The van der Waals surface area contributed by atoms with E-state index in [1.54, 1.807) is 0 Å². The van der Waals surface area contributed by atoms with Gasteiger partial charge in [-0.15, -0.1) is 0 Å². The molecule has 0 aliphatic heterocycles. The molecule has 0 aliphatic rings. The van der Waals surface area contributed by atoms with E-state index >= 15 is 0 Å². The van der Waals surface area contributed by atoms with Crippen LogP contribution in [0, 0.1) is 6.92 Å². The molecule has 1 aromatic heterocycles. The molecular formula is C22H27N3O2S. The highest BCUT2D eigenvalue weighted by molar-refractivity contribution is 7.22. The number of fused-ring (bicyclic) bond motifs is 1. The first-order valence-corrected chi connectivity index (χ1v) is 10.3. The first-order chi connectivity index (χ1) is 13.5. The molecule has 0 spiro atoms. The van der Waals surface area contributed by atoms with Gasteiger partial charge in [0.1, 0.15) is 11.3 Å². The van der Waals surface area contributed by atoms with Crippen LogP contribution in [0.4, 0.5) is 5.13 Å². The van der Waals surface area contributed by atoms with Gasteiger partial charge in [0.25, 0.3) is 0 Å². The Morgan fingerprint density at radius 3 is 2.64 bits per heavy atom. The van der Waals surface area contributed by atoms with Crippen molar-refractivity contribution in [2.45, 2.75) is 20.3 Å². The number of hydrogen-bond acceptors (Lipinski definition) is 5. The van der Waals surface area contributed by atoms with Crippen molar-refractivity contribution < 1.29 is 9.53 Å². The largest absolute Gasteiger partial charge is 0.492 e. The van der Waals surface area contributed by atoms with Crippen molar-refractivity contribution in [2.24, 2.45) is 0 Å². The van der Waals surface area contributed by atoms with Crippen LogP contribution >= 0.6 is 11.3 Å². The number of amides is 1. The summed E-state index contributed by atoms with van der Waals surface area (Å²) in [5.74, 6) is 0.825. The third-order valence-corrected chi connectivity index (χ3v) is 5.45. The zero-order chi connectivity index (χ0) is 20.1. The van der Waals surface area contributed by atoms with Gasteiger partial charge in [-0.2, -0.15) is 0 Å². The summed E-state index contributed by atoms with van der Waals surface area (Å²) in [5, 5.41) is 0.724. The molecule has 0 atom stereocenters. The van der Waals surface area contributed by atoms with Crippen molar-refractivity contribution in [3.8, 4) is 5.75 Å². The van der Waals surface area contributed by atoms with Crippen molar-refractivity contribution in [3.63, 3.8) is 0 Å². The molecule has 0 fully saturated rings. The molecule has 1 heterocycles. The number of aryl methyl sites for hydroxylation is 1. The van der Waals surface area contributed by atoms with E-state index in [0.717, 1.165) is 38.8 Å². The van der Waals surface area contributed by atoms with Crippen molar-refractivity contribution in [3.05, 3.63) is 53.6 Å². The summed E-state index contributed by atoms with van der Waals surface area (Å²) in [6.07, 6.45) is 0.364. The lowest BCUT2D eigenvalue weighted by Gasteiger charge is -2.22. The van der Waals surface area contributed by atoms with Crippen molar-refractivity contribution in [1.29, 1.82) is 0 Å². The van der Waals surface area contributed by atoms with Gasteiger partial charge in [0.05, 0.1) is 17.7 Å². The Hall–Kier alpha value is -2.44. The molecule has 2 aromatic carbocycles. The fourth-order valence-electron chi connectivity index (χ4n) is 3.02. The molecule has 0 radical (unpaired) electrons. The summed E-state index contributed by atoms with van der Waals surface area (Å²) in [6.45, 7) is 5.96.